The molecule has 200 valence electrons. The summed E-state index contributed by atoms with van der Waals surface area (Å²) in [6.07, 6.45) is 0.0111. The molecule has 1 N–H and O–H groups in total. The van der Waals surface area contributed by atoms with Gasteiger partial charge in [0.1, 0.15) is 16.7 Å². The Kier molecular flexibility index (Phi) is 7.37. The Hall–Kier alpha value is -4.76. The van der Waals surface area contributed by atoms with Gasteiger partial charge in [0.15, 0.2) is 16.7 Å². The van der Waals surface area contributed by atoms with Gasteiger partial charge in [-0.05, 0) is 66.2 Å². The number of rotatable bonds is 8. The quantitative estimate of drug-likeness (QED) is 0.274. The van der Waals surface area contributed by atoms with E-state index in [1.54, 1.807) is 29.2 Å². The van der Waals surface area contributed by atoms with Crippen LogP contribution in [0.2, 0.25) is 0 Å². The van der Waals surface area contributed by atoms with Crippen molar-refractivity contribution in [3.05, 3.63) is 109 Å². The third kappa shape index (κ3) is 5.94. The number of aliphatic imine (C=N–C) groups is 1. The van der Waals surface area contributed by atoms with Crippen molar-refractivity contribution in [3.8, 4) is 23.0 Å². The first-order valence-corrected chi connectivity index (χ1v) is 13.6. The van der Waals surface area contributed by atoms with Gasteiger partial charge in [-0.15, -0.1) is 0 Å². The number of thioether (sulfide) groups is 1. The zero-order valence-corrected chi connectivity index (χ0v) is 22.2. The fraction of sp³-hybridized carbons (Fsp3) is 0.129. The van der Waals surface area contributed by atoms with Crippen molar-refractivity contribution in [3.63, 3.8) is 0 Å². The van der Waals surface area contributed by atoms with Crippen LogP contribution in [0.3, 0.4) is 0 Å². The number of fused-ring (bicyclic) bond motifs is 1. The van der Waals surface area contributed by atoms with E-state index in [-0.39, 0.29) is 25.0 Å². The summed E-state index contributed by atoms with van der Waals surface area (Å²) < 4.78 is 16.7. The first-order chi connectivity index (χ1) is 19.6. The summed E-state index contributed by atoms with van der Waals surface area (Å²) in [6.45, 7) is 0.479. The van der Waals surface area contributed by atoms with Crippen molar-refractivity contribution < 1.29 is 23.8 Å². The van der Waals surface area contributed by atoms with Gasteiger partial charge in [-0.1, -0.05) is 54.2 Å². The molecule has 40 heavy (non-hydrogen) atoms. The molecule has 6 rings (SSSR count). The Labute approximate surface area is 235 Å². The predicted octanol–water partition coefficient (Wildman–Crippen LogP) is 6.37. The number of hydrogen-bond acceptors (Lipinski definition) is 7. The zero-order chi connectivity index (χ0) is 27.3. The Morgan fingerprint density at radius 1 is 0.900 bits per heavy atom. The predicted molar refractivity (Wildman–Crippen MR) is 154 cm³/mol. The molecule has 1 fully saturated rings. The molecule has 1 saturated heterocycles. The number of hydrogen-bond donors (Lipinski definition) is 1. The van der Waals surface area contributed by atoms with Crippen LogP contribution in [0.1, 0.15) is 12.0 Å². The van der Waals surface area contributed by atoms with Crippen LogP contribution in [0.5, 0.6) is 23.0 Å². The number of benzene rings is 4. The van der Waals surface area contributed by atoms with Gasteiger partial charge in [-0.2, -0.15) is 0 Å². The molecular formula is C31H25N3O5S. The van der Waals surface area contributed by atoms with E-state index in [9.17, 15) is 9.59 Å². The molecule has 9 heteroatoms. The van der Waals surface area contributed by atoms with Crippen LogP contribution in [0, 0.1) is 0 Å². The molecule has 0 spiro atoms. The molecule has 0 saturated carbocycles. The molecule has 2 amide bonds. The van der Waals surface area contributed by atoms with Crippen LogP contribution in [0.25, 0.3) is 0 Å². The van der Waals surface area contributed by atoms with Gasteiger partial charge in [0.05, 0.1) is 12.2 Å². The fourth-order valence-corrected chi connectivity index (χ4v) is 5.47. The Morgan fingerprint density at radius 3 is 2.38 bits per heavy atom. The molecule has 0 aliphatic carbocycles. The van der Waals surface area contributed by atoms with Gasteiger partial charge in [0.25, 0.3) is 0 Å². The lowest BCUT2D eigenvalue weighted by Gasteiger charge is -2.17. The number of amidine groups is 1. The second-order valence-corrected chi connectivity index (χ2v) is 10.3. The van der Waals surface area contributed by atoms with Gasteiger partial charge >= 0.3 is 0 Å². The lowest BCUT2D eigenvalue weighted by atomic mass is 10.1. The highest BCUT2D eigenvalue weighted by Gasteiger charge is 2.39. The summed E-state index contributed by atoms with van der Waals surface area (Å²) in [5, 5.41) is 2.84. The largest absolute Gasteiger partial charge is 0.457 e. The summed E-state index contributed by atoms with van der Waals surface area (Å²) >= 11 is 1.30. The molecule has 8 nitrogen and oxygen atoms in total. The van der Waals surface area contributed by atoms with E-state index in [1.165, 1.54) is 11.8 Å². The lowest BCUT2D eigenvalue weighted by molar-refractivity contribution is -0.128. The molecule has 2 aliphatic heterocycles. The highest BCUT2D eigenvalue weighted by molar-refractivity contribution is 8.15. The number of nitrogens with one attached hydrogen (secondary N) is 1. The minimum atomic E-state index is -0.600. The van der Waals surface area contributed by atoms with Crippen molar-refractivity contribution in [2.45, 2.75) is 18.2 Å². The number of carbonyl (C=O) groups is 2. The van der Waals surface area contributed by atoms with E-state index in [0.717, 1.165) is 17.0 Å². The summed E-state index contributed by atoms with van der Waals surface area (Å²) in [4.78, 5) is 32.8. The zero-order valence-electron chi connectivity index (χ0n) is 21.4. The minimum Gasteiger partial charge on any atom is -0.457 e. The van der Waals surface area contributed by atoms with Crippen LogP contribution < -0.4 is 19.5 Å². The topological polar surface area (TPSA) is 89.5 Å². The van der Waals surface area contributed by atoms with Crippen molar-refractivity contribution in [1.29, 1.82) is 0 Å². The first kappa shape index (κ1) is 25.5. The molecular weight excluding hydrogens is 526 g/mol. The van der Waals surface area contributed by atoms with E-state index in [0.29, 0.717) is 34.6 Å². The molecule has 2 heterocycles. The smallest absolute Gasteiger partial charge is 0.242 e. The third-order valence-corrected chi connectivity index (χ3v) is 7.44. The second-order valence-electron chi connectivity index (χ2n) is 9.14. The van der Waals surface area contributed by atoms with E-state index in [2.05, 4.69) is 5.32 Å². The van der Waals surface area contributed by atoms with Crippen molar-refractivity contribution in [1.82, 2.24) is 4.90 Å². The minimum absolute atomic E-state index is 0.0111. The van der Waals surface area contributed by atoms with Gasteiger partial charge in [-0.25, -0.2) is 4.99 Å². The van der Waals surface area contributed by atoms with Gasteiger partial charge in [0.2, 0.25) is 18.6 Å². The maximum Gasteiger partial charge on any atom is 0.242 e. The molecule has 4 aromatic carbocycles. The number of nitrogens with zero attached hydrogens (tertiary/aromatic N) is 2. The number of ether oxygens (including phenoxy) is 3. The molecule has 1 atom stereocenters. The van der Waals surface area contributed by atoms with Crippen LogP contribution in [0.15, 0.2) is 108 Å². The number of para-hydroxylation sites is 2. The van der Waals surface area contributed by atoms with E-state index in [4.69, 9.17) is 19.2 Å². The van der Waals surface area contributed by atoms with E-state index < -0.39 is 5.25 Å². The maximum absolute atomic E-state index is 13.5. The highest BCUT2D eigenvalue weighted by atomic mass is 32.2. The van der Waals surface area contributed by atoms with E-state index >= 15 is 0 Å². The normalized spacial score (nSPS) is 16.8. The average molecular weight is 552 g/mol. The number of amides is 2. The SMILES string of the molecule is O=C(CC1SC(=Nc2ccccc2)N(Cc2ccc3c(c2)OCO3)C1=O)Nc1ccc(Oc2ccccc2)cc1. The molecule has 0 radical (unpaired) electrons. The third-order valence-electron chi connectivity index (χ3n) is 6.27. The lowest BCUT2D eigenvalue weighted by Crippen LogP contribution is -2.33. The number of carbonyl (C=O) groups excluding carboxylic acids is 2. The first-order valence-electron chi connectivity index (χ1n) is 12.7. The average Bonchev–Trinajstić information content (AvgIpc) is 3.55. The molecule has 4 aromatic rings. The summed E-state index contributed by atoms with van der Waals surface area (Å²) in [5.41, 5.74) is 2.23. The summed E-state index contributed by atoms with van der Waals surface area (Å²) in [7, 11) is 0. The van der Waals surface area contributed by atoms with Crippen molar-refractivity contribution >= 4 is 40.1 Å². The second kappa shape index (κ2) is 11.5. The van der Waals surface area contributed by atoms with Crippen molar-refractivity contribution in [2.24, 2.45) is 4.99 Å². The van der Waals surface area contributed by atoms with Crippen molar-refractivity contribution in [2.75, 3.05) is 12.1 Å². The van der Waals surface area contributed by atoms with Crippen LogP contribution in [0.4, 0.5) is 11.4 Å². The van der Waals surface area contributed by atoms with E-state index in [1.807, 2.05) is 78.9 Å². The van der Waals surface area contributed by atoms with Crippen LogP contribution >= 0.6 is 11.8 Å². The molecule has 0 aromatic heterocycles. The van der Waals surface area contributed by atoms with Gasteiger partial charge < -0.3 is 19.5 Å². The Balaban J connectivity index is 1.14. The Bertz CT molecular complexity index is 1540. The highest BCUT2D eigenvalue weighted by Crippen LogP contribution is 2.36. The number of anilines is 1. The summed E-state index contributed by atoms with van der Waals surface area (Å²) in [5.74, 6) is 2.29. The standard InChI is InChI=1S/C31H25N3O5S/c35-29(32-23-12-14-25(15-13-23)39-24-9-5-2-6-10-24)18-28-30(36)34(31(40-28)33-22-7-3-1-4-8-22)19-21-11-16-26-27(17-21)38-20-37-26/h1-17,28H,18-20H2,(H,32,35). The molecule has 2 aliphatic rings. The maximum atomic E-state index is 13.5. The van der Waals surface area contributed by atoms with Gasteiger partial charge in [0, 0.05) is 12.1 Å². The van der Waals surface area contributed by atoms with Crippen LogP contribution in [-0.4, -0.2) is 33.9 Å². The molecule has 0 bridgehead atoms. The monoisotopic (exact) mass is 551 g/mol. The van der Waals surface area contributed by atoms with Gasteiger partial charge in [-0.3, -0.25) is 14.5 Å². The Morgan fingerprint density at radius 2 is 1.60 bits per heavy atom. The summed E-state index contributed by atoms with van der Waals surface area (Å²) in [6, 6.07) is 31.6. The fourth-order valence-electron chi connectivity index (χ4n) is 4.32. The van der Waals surface area contributed by atoms with Crippen LogP contribution in [-0.2, 0) is 16.1 Å². The molecule has 1 unspecified atom stereocenters.